The van der Waals surface area contributed by atoms with Gasteiger partial charge in [0.2, 0.25) is 0 Å². The lowest BCUT2D eigenvalue weighted by atomic mass is 10.1. The summed E-state index contributed by atoms with van der Waals surface area (Å²) < 4.78 is 5.14. The van der Waals surface area contributed by atoms with Gasteiger partial charge in [0.15, 0.2) is 0 Å². The van der Waals surface area contributed by atoms with Gasteiger partial charge in [0.25, 0.3) is 5.91 Å². The van der Waals surface area contributed by atoms with Gasteiger partial charge in [-0.2, -0.15) is 0 Å². The number of ether oxygens (including phenoxy) is 1. The van der Waals surface area contributed by atoms with E-state index in [0.29, 0.717) is 12.0 Å². The standard InChI is InChI=1S/C17H24N2O5/c1-17(2,3)24-16(23)13(18)10-19-15(22)12-7-4-11(5-8-12)6-9-14(20)21/h4-5,7-8,13H,6,9-10,18H2,1-3H3,(H,19,22)(H,20,21)/t13-/m0/s1. The molecule has 132 valence electrons. The predicted octanol–water partition coefficient (Wildman–Crippen LogP) is 1.10. The third-order valence-electron chi connectivity index (χ3n) is 3.04. The Hall–Kier alpha value is -2.41. The normalized spacial score (nSPS) is 12.3. The monoisotopic (exact) mass is 336 g/mol. The second kappa shape index (κ2) is 8.44. The Balaban J connectivity index is 2.50. The number of aryl methyl sites for hydroxylation is 1. The molecule has 0 unspecified atom stereocenters. The van der Waals surface area contributed by atoms with Gasteiger partial charge in [-0.3, -0.25) is 14.4 Å². The van der Waals surface area contributed by atoms with E-state index in [0.717, 1.165) is 5.56 Å². The molecule has 0 bridgehead atoms. The van der Waals surface area contributed by atoms with E-state index in [2.05, 4.69) is 5.32 Å². The van der Waals surface area contributed by atoms with Gasteiger partial charge in [0.05, 0.1) is 0 Å². The van der Waals surface area contributed by atoms with Crippen LogP contribution in [-0.4, -0.2) is 41.1 Å². The van der Waals surface area contributed by atoms with Gasteiger partial charge >= 0.3 is 11.9 Å². The molecule has 0 saturated heterocycles. The van der Waals surface area contributed by atoms with E-state index in [4.69, 9.17) is 15.6 Å². The number of rotatable bonds is 7. The molecule has 0 radical (unpaired) electrons. The highest BCUT2D eigenvalue weighted by Gasteiger charge is 2.22. The highest BCUT2D eigenvalue weighted by Crippen LogP contribution is 2.09. The van der Waals surface area contributed by atoms with Gasteiger partial charge in [-0.1, -0.05) is 12.1 Å². The van der Waals surface area contributed by atoms with E-state index in [-0.39, 0.29) is 18.9 Å². The summed E-state index contributed by atoms with van der Waals surface area (Å²) in [5, 5.41) is 11.2. The van der Waals surface area contributed by atoms with Gasteiger partial charge in [-0.05, 0) is 44.9 Å². The molecule has 7 heteroatoms. The van der Waals surface area contributed by atoms with Crippen LogP contribution in [0.3, 0.4) is 0 Å². The van der Waals surface area contributed by atoms with Crippen molar-refractivity contribution >= 4 is 17.8 Å². The molecule has 0 aliphatic heterocycles. The number of carboxylic acid groups (broad SMARTS) is 1. The average molecular weight is 336 g/mol. The molecule has 0 saturated carbocycles. The molecule has 24 heavy (non-hydrogen) atoms. The summed E-state index contributed by atoms with van der Waals surface area (Å²) in [6.45, 7) is 5.18. The van der Waals surface area contributed by atoms with Crippen LogP contribution in [0.15, 0.2) is 24.3 Å². The number of amides is 1. The van der Waals surface area contributed by atoms with Crippen molar-refractivity contribution in [3.05, 3.63) is 35.4 Å². The number of benzene rings is 1. The van der Waals surface area contributed by atoms with E-state index in [9.17, 15) is 14.4 Å². The zero-order valence-electron chi connectivity index (χ0n) is 14.2. The number of hydrogen-bond acceptors (Lipinski definition) is 5. The van der Waals surface area contributed by atoms with Crippen LogP contribution in [0.25, 0.3) is 0 Å². The van der Waals surface area contributed by atoms with Gasteiger partial charge < -0.3 is 20.9 Å². The van der Waals surface area contributed by atoms with Crippen LogP contribution in [0.4, 0.5) is 0 Å². The zero-order chi connectivity index (χ0) is 18.3. The van der Waals surface area contributed by atoms with E-state index >= 15 is 0 Å². The first-order valence-corrected chi connectivity index (χ1v) is 7.66. The molecule has 1 aromatic carbocycles. The maximum atomic E-state index is 12.0. The summed E-state index contributed by atoms with van der Waals surface area (Å²) in [5.74, 6) is -1.81. The molecule has 0 fully saturated rings. The number of carbonyl (C=O) groups excluding carboxylic acids is 2. The molecule has 1 atom stereocenters. The van der Waals surface area contributed by atoms with Crippen LogP contribution in [0.1, 0.15) is 43.1 Å². The molecule has 0 aliphatic carbocycles. The predicted molar refractivity (Wildman–Crippen MR) is 88.6 cm³/mol. The third-order valence-corrected chi connectivity index (χ3v) is 3.04. The van der Waals surface area contributed by atoms with Crippen molar-refractivity contribution < 1.29 is 24.2 Å². The average Bonchev–Trinajstić information content (AvgIpc) is 2.49. The molecule has 7 nitrogen and oxygen atoms in total. The van der Waals surface area contributed by atoms with Crippen molar-refractivity contribution in [3.63, 3.8) is 0 Å². The summed E-state index contributed by atoms with van der Waals surface area (Å²) in [6, 6.07) is 5.66. The topological polar surface area (TPSA) is 119 Å². The van der Waals surface area contributed by atoms with E-state index < -0.39 is 23.6 Å². The molecule has 0 spiro atoms. The summed E-state index contributed by atoms with van der Waals surface area (Å²) in [5.41, 5.74) is 6.30. The molecular formula is C17H24N2O5. The molecule has 1 aromatic rings. The number of aliphatic carboxylic acids is 1. The largest absolute Gasteiger partial charge is 0.481 e. The smallest absolute Gasteiger partial charge is 0.325 e. The lowest BCUT2D eigenvalue weighted by Crippen LogP contribution is -2.45. The van der Waals surface area contributed by atoms with Crippen molar-refractivity contribution in [1.29, 1.82) is 0 Å². The number of carbonyl (C=O) groups is 3. The van der Waals surface area contributed by atoms with Crippen molar-refractivity contribution in [2.24, 2.45) is 5.73 Å². The minimum absolute atomic E-state index is 0.0332. The highest BCUT2D eigenvalue weighted by atomic mass is 16.6. The number of nitrogens with two attached hydrogens (primary N) is 1. The molecule has 0 aromatic heterocycles. The fourth-order valence-electron chi connectivity index (χ4n) is 1.84. The van der Waals surface area contributed by atoms with Gasteiger partial charge in [-0.15, -0.1) is 0 Å². The quantitative estimate of drug-likeness (QED) is 0.642. The highest BCUT2D eigenvalue weighted by molar-refractivity contribution is 5.94. The van der Waals surface area contributed by atoms with Crippen LogP contribution >= 0.6 is 0 Å². The van der Waals surface area contributed by atoms with Gasteiger partial charge in [0, 0.05) is 18.5 Å². The Morgan fingerprint density at radius 3 is 2.29 bits per heavy atom. The van der Waals surface area contributed by atoms with Crippen LogP contribution in [0, 0.1) is 0 Å². The second-order valence-corrected chi connectivity index (χ2v) is 6.44. The van der Waals surface area contributed by atoms with Crippen LogP contribution in [0.5, 0.6) is 0 Å². The third kappa shape index (κ3) is 7.23. The van der Waals surface area contributed by atoms with Gasteiger partial charge in [-0.25, -0.2) is 0 Å². The Labute approximate surface area is 141 Å². The Morgan fingerprint density at radius 2 is 1.79 bits per heavy atom. The molecule has 0 heterocycles. The van der Waals surface area contributed by atoms with E-state index in [1.807, 2.05) is 0 Å². The summed E-state index contributed by atoms with van der Waals surface area (Å²) in [7, 11) is 0. The first-order valence-electron chi connectivity index (χ1n) is 7.66. The fraction of sp³-hybridized carbons (Fsp3) is 0.471. The lowest BCUT2D eigenvalue weighted by molar-refractivity contribution is -0.156. The van der Waals surface area contributed by atoms with E-state index in [1.165, 1.54) is 0 Å². The van der Waals surface area contributed by atoms with Crippen LogP contribution in [0.2, 0.25) is 0 Å². The number of carboxylic acids is 1. The molecule has 1 amide bonds. The SMILES string of the molecule is CC(C)(C)OC(=O)[C@@H](N)CNC(=O)c1ccc(CCC(=O)O)cc1. The van der Waals surface area contributed by atoms with Crippen molar-refractivity contribution in [2.75, 3.05) is 6.54 Å². The number of hydrogen-bond donors (Lipinski definition) is 3. The first-order chi connectivity index (χ1) is 11.1. The Morgan fingerprint density at radius 1 is 1.21 bits per heavy atom. The van der Waals surface area contributed by atoms with E-state index in [1.54, 1.807) is 45.0 Å². The maximum Gasteiger partial charge on any atom is 0.325 e. The minimum atomic E-state index is -0.942. The van der Waals surface area contributed by atoms with Crippen molar-refractivity contribution in [1.82, 2.24) is 5.32 Å². The van der Waals surface area contributed by atoms with Crippen LogP contribution < -0.4 is 11.1 Å². The lowest BCUT2D eigenvalue weighted by Gasteiger charge is -2.22. The zero-order valence-corrected chi connectivity index (χ0v) is 14.2. The molecular weight excluding hydrogens is 312 g/mol. The first kappa shape index (κ1) is 19.6. The Bertz CT molecular complexity index is 590. The second-order valence-electron chi connectivity index (χ2n) is 6.44. The van der Waals surface area contributed by atoms with Crippen molar-refractivity contribution in [2.45, 2.75) is 45.3 Å². The van der Waals surface area contributed by atoms with Crippen LogP contribution in [-0.2, 0) is 20.7 Å². The molecule has 0 aliphatic rings. The summed E-state index contributed by atoms with van der Waals surface area (Å²) in [6.07, 6.45) is 0.442. The number of esters is 1. The molecule has 1 rings (SSSR count). The van der Waals surface area contributed by atoms with Gasteiger partial charge in [0.1, 0.15) is 11.6 Å². The summed E-state index contributed by atoms with van der Waals surface area (Å²) >= 11 is 0. The maximum absolute atomic E-state index is 12.0. The van der Waals surface area contributed by atoms with Crippen molar-refractivity contribution in [3.8, 4) is 0 Å². The number of nitrogens with one attached hydrogen (secondary N) is 1. The molecule has 4 N–H and O–H groups in total. The fourth-order valence-corrected chi connectivity index (χ4v) is 1.84. The minimum Gasteiger partial charge on any atom is -0.481 e. The summed E-state index contributed by atoms with van der Waals surface area (Å²) in [4.78, 5) is 34.3. The Kier molecular flexibility index (Phi) is 6.91.